The molecule has 0 amide bonds. The Morgan fingerprint density at radius 2 is 0.830 bits per heavy atom. The van der Waals surface area contributed by atoms with Crippen molar-refractivity contribution >= 4 is 38.6 Å². The van der Waals surface area contributed by atoms with E-state index in [-0.39, 0.29) is 5.41 Å². The molecular weight excluding hydrogens is 639 g/mol. The van der Waals surface area contributed by atoms with E-state index in [4.69, 9.17) is 0 Å². The van der Waals surface area contributed by atoms with Crippen LogP contribution in [0.2, 0.25) is 0 Å². The predicted molar refractivity (Wildman–Crippen MR) is 224 cm³/mol. The molecule has 10 rings (SSSR count). The van der Waals surface area contributed by atoms with Crippen molar-refractivity contribution in [2.75, 3.05) is 4.90 Å². The highest BCUT2D eigenvalue weighted by Crippen LogP contribution is 2.54. The third-order valence-electron chi connectivity index (χ3n) is 11.3. The highest BCUT2D eigenvalue weighted by Gasteiger charge is 2.41. The molecule has 0 radical (unpaired) electrons. The molecule has 1 atom stereocenters. The maximum Gasteiger partial charge on any atom is 0.0468 e. The molecule has 0 heterocycles. The zero-order chi connectivity index (χ0) is 35.4. The highest BCUT2D eigenvalue weighted by molar-refractivity contribution is 6.22. The number of para-hydroxylation sites is 1. The van der Waals surface area contributed by atoms with E-state index < -0.39 is 0 Å². The van der Waals surface area contributed by atoms with E-state index in [0.29, 0.717) is 0 Å². The standard InChI is InChI=1S/C52H37N/c1-52(38-22-10-4-11-23-38)48-29-17-16-27-44(48)45-33-31-41(35-49(45)52)53(39-24-12-5-13-25-39)40-30-32-43-42-26-14-15-28-46(42)50(36-18-6-2-7-19-36)51(47(43)34-40)37-20-8-3-9-21-37/h2-35H,1H3. The first-order valence-electron chi connectivity index (χ1n) is 18.4. The maximum absolute atomic E-state index is 2.44. The van der Waals surface area contributed by atoms with Crippen molar-refractivity contribution in [2.24, 2.45) is 0 Å². The van der Waals surface area contributed by atoms with Gasteiger partial charge in [-0.3, -0.25) is 0 Å². The molecule has 1 aliphatic rings. The first kappa shape index (κ1) is 31.1. The van der Waals surface area contributed by atoms with Gasteiger partial charge in [0.15, 0.2) is 0 Å². The van der Waals surface area contributed by atoms with Crippen LogP contribution < -0.4 is 4.90 Å². The van der Waals surface area contributed by atoms with Crippen LogP contribution >= 0.6 is 0 Å². The second-order valence-corrected chi connectivity index (χ2v) is 14.2. The van der Waals surface area contributed by atoms with Crippen molar-refractivity contribution in [3.05, 3.63) is 223 Å². The Bertz CT molecular complexity index is 2770. The smallest absolute Gasteiger partial charge is 0.0468 e. The molecule has 1 aliphatic carbocycles. The lowest BCUT2D eigenvalue weighted by Gasteiger charge is -2.31. The van der Waals surface area contributed by atoms with Crippen LogP contribution in [0.25, 0.3) is 54.9 Å². The van der Waals surface area contributed by atoms with Gasteiger partial charge in [0.05, 0.1) is 0 Å². The number of hydrogen-bond acceptors (Lipinski definition) is 1. The molecule has 9 aromatic rings. The largest absolute Gasteiger partial charge is 0.310 e. The van der Waals surface area contributed by atoms with Crippen molar-refractivity contribution < 1.29 is 0 Å². The molecule has 0 aliphatic heterocycles. The van der Waals surface area contributed by atoms with Crippen LogP contribution in [0.3, 0.4) is 0 Å². The van der Waals surface area contributed by atoms with Gasteiger partial charge in [0.1, 0.15) is 0 Å². The molecule has 0 spiro atoms. The van der Waals surface area contributed by atoms with Gasteiger partial charge in [-0.1, -0.05) is 170 Å². The van der Waals surface area contributed by atoms with Crippen molar-refractivity contribution in [3.63, 3.8) is 0 Å². The molecular formula is C52H37N. The zero-order valence-electron chi connectivity index (χ0n) is 29.6. The number of benzene rings is 9. The lowest BCUT2D eigenvalue weighted by Crippen LogP contribution is -2.22. The summed E-state index contributed by atoms with van der Waals surface area (Å²) in [6, 6.07) is 75.5. The normalized spacial score (nSPS) is 14.6. The number of rotatable bonds is 6. The lowest BCUT2D eigenvalue weighted by molar-refractivity contribution is 0.714. The summed E-state index contributed by atoms with van der Waals surface area (Å²) in [4.78, 5) is 2.43. The molecule has 1 nitrogen and oxygen atoms in total. The van der Waals surface area contributed by atoms with Crippen molar-refractivity contribution in [3.8, 4) is 33.4 Å². The summed E-state index contributed by atoms with van der Waals surface area (Å²) in [5, 5.41) is 5.00. The third-order valence-corrected chi connectivity index (χ3v) is 11.3. The van der Waals surface area contributed by atoms with E-state index in [2.05, 4.69) is 218 Å². The molecule has 0 N–H and O–H groups in total. The monoisotopic (exact) mass is 675 g/mol. The zero-order valence-corrected chi connectivity index (χ0v) is 29.6. The van der Waals surface area contributed by atoms with Gasteiger partial charge in [-0.15, -0.1) is 0 Å². The minimum absolute atomic E-state index is 0.293. The van der Waals surface area contributed by atoms with E-state index in [9.17, 15) is 0 Å². The van der Waals surface area contributed by atoms with Crippen LogP contribution in [0.1, 0.15) is 23.6 Å². The summed E-state index contributed by atoms with van der Waals surface area (Å²) in [5.74, 6) is 0. The minimum atomic E-state index is -0.293. The van der Waals surface area contributed by atoms with E-state index in [1.54, 1.807) is 0 Å². The lowest BCUT2D eigenvalue weighted by atomic mass is 9.74. The quantitative estimate of drug-likeness (QED) is 0.159. The number of nitrogens with zero attached hydrogens (tertiary/aromatic N) is 1. The van der Waals surface area contributed by atoms with Gasteiger partial charge in [0.2, 0.25) is 0 Å². The highest BCUT2D eigenvalue weighted by atomic mass is 15.1. The molecule has 0 fully saturated rings. The molecule has 1 heteroatoms. The van der Waals surface area contributed by atoms with Gasteiger partial charge < -0.3 is 4.90 Å². The predicted octanol–water partition coefficient (Wildman–Crippen LogP) is 14.1. The summed E-state index contributed by atoms with van der Waals surface area (Å²) in [6.45, 7) is 2.39. The van der Waals surface area contributed by atoms with Gasteiger partial charge in [-0.2, -0.15) is 0 Å². The second kappa shape index (κ2) is 12.5. The molecule has 0 aromatic heterocycles. The van der Waals surface area contributed by atoms with Crippen molar-refractivity contribution in [1.82, 2.24) is 0 Å². The van der Waals surface area contributed by atoms with E-state index in [1.165, 1.54) is 71.6 Å². The van der Waals surface area contributed by atoms with Crippen LogP contribution in [0.5, 0.6) is 0 Å². The Morgan fingerprint density at radius 3 is 1.53 bits per heavy atom. The first-order valence-corrected chi connectivity index (χ1v) is 18.4. The fourth-order valence-electron chi connectivity index (χ4n) is 8.85. The molecule has 0 saturated heterocycles. The van der Waals surface area contributed by atoms with Crippen LogP contribution in [-0.2, 0) is 5.41 Å². The van der Waals surface area contributed by atoms with Gasteiger partial charge in [0.25, 0.3) is 0 Å². The van der Waals surface area contributed by atoms with Gasteiger partial charge in [-0.05, 0) is 115 Å². The SMILES string of the molecule is CC1(c2ccccc2)c2ccccc2-c2ccc(N(c3ccccc3)c3ccc4c(c3)c(-c3ccccc3)c(-c3ccccc3)c3ccccc34)cc21. The van der Waals surface area contributed by atoms with E-state index in [0.717, 1.165) is 17.1 Å². The third kappa shape index (κ3) is 4.93. The van der Waals surface area contributed by atoms with E-state index in [1.807, 2.05) is 0 Å². The Hall–Kier alpha value is -6.70. The number of anilines is 3. The van der Waals surface area contributed by atoms with Crippen LogP contribution in [0, 0.1) is 0 Å². The molecule has 250 valence electrons. The van der Waals surface area contributed by atoms with Gasteiger partial charge in [0, 0.05) is 22.5 Å². The van der Waals surface area contributed by atoms with Crippen LogP contribution in [0.15, 0.2) is 206 Å². The molecule has 1 unspecified atom stereocenters. The summed E-state index contributed by atoms with van der Waals surface area (Å²) in [7, 11) is 0. The van der Waals surface area contributed by atoms with Crippen LogP contribution in [0.4, 0.5) is 17.1 Å². The van der Waals surface area contributed by atoms with Gasteiger partial charge in [-0.25, -0.2) is 0 Å². The fourth-order valence-corrected chi connectivity index (χ4v) is 8.85. The Kier molecular flexibility index (Phi) is 7.33. The minimum Gasteiger partial charge on any atom is -0.310 e. The molecule has 9 aromatic carbocycles. The van der Waals surface area contributed by atoms with Crippen molar-refractivity contribution in [2.45, 2.75) is 12.3 Å². The Balaban J connectivity index is 1.25. The molecule has 53 heavy (non-hydrogen) atoms. The molecule has 0 saturated carbocycles. The second-order valence-electron chi connectivity index (χ2n) is 14.2. The first-order chi connectivity index (χ1) is 26.2. The van der Waals surface area contributed by atoms with Crippen molar-refractivity contribution in [1.29, 1.82) is 0 Å². The average Bonchev–Trinajstić information content (AvgIpc) is 3.49. The van der Waals surface area contributed by atoms with E-state index >= 15 is 0 Å². The Labute approximate surface area is 311 Å². The Morgan fingerprint density at radius 1 is 0.340 bits per heavy atom. The summed E-state index contributed by atoms with van der Waals surface area (Å²) in [6.07, 6.45) is 0. The number of hydrogen-bond donors (Lipinski definition) is 0. The number of fused-ring (bicyclic) bond motifs is 6. The summed E-state index contributed by atoms with van der Waals surface area (Å²) < 4.78 is 0. The summed E-state index contributed by atoms with van der Waals surface area (Å²) in [5.41, 5.74) is 14.6. The molecule has 0 bridgehead atoms. The average molecular weight is 676 g/mol. The fraction of sp³-hybridized carbons (Fsp3) is 0.0385. The van der Waals surface area contributed by atoms with Gasteiger partial charge >= 0.3 is 0 Å². The van der Waals surface area contributed by atoms with Crippen LogP contribution in [-0.4, -0.2) is 0 Å². The topological polar surface area (TPSA) is 3.24 Å². The maximum atomic E-state index is 2.44. The summed E-state index contributed by atoms with van der Waals surface area (Å²) >= 11 is 0.